The van der Waals surface area contributed by atoms with Crippen molar-refractivity contribution in [3.05, 3.63) is 65.5 Å². The van der Waals surface area contributed by atoms with E-state index < -0.39 is 0 Å². The van der Waals surface area contributed by atoms with Crippen LogP contribution in [-0.2, 0) is 6.42 Å². The zero-order chi connectivity index (χ0) is 13.7. The van der Waals surface area contributed by atoms with Gasteiger partial charge in [-0.1, -0.05) is 24.3 Å². The lowest BCUT2D eigenvalue weighted by Gasteiger charge is -2.04. The number of aryl methyl sites for hydroxylation is 1. The van der Waals surface area contributed by atoms with Crippen molar-refractivity contribution < 1.29 is 13.9 Å². The molecule has 0 atom stereocenters. The molecule has 0 spiro atoms. The molecule has 0 aromatic heterocycles. The minimum Gasteiger partial charge on any atom is -0.497 e. The van der Waals surface area contributed by atoms with Gasteiger partial charge in [0.15, 0.2) is 5.78 Å². The summed E-state index contributed by atoms with van der Waals surface area (Å²) in [6.07, 6.45) is 1.01. The number of carbonyl (C=O) groups is 1. The number of Topliss-reactive ketones (excluding diaryl/α,β-unsaturated/α-hetero) is 1. The molecule has 0 aliphatic rings. The predicted octanol–water partition coefficient (Wildman–Crippen LogP) is 3.65. The summed E-state index contributed by atoms with van der Waals surface area (Å²) in [4.78, 5) is 12.0. The summed E-state index contributed by atoms with van der Waals surface area (Å²) in [6, 6.07) is 13.3. The number of methoxy groups -OCH3 is 1. The third-order valence-electron chi connectivity index (χ3n) is 2.95. The van der Waals surface area contributed by atoms with Crippen LogP contribution < -0.4 is 4.74 Å². The summed E-state index contributed by atoms with van der Waals surface area (Å²) < 4.78 is 17.8. The molecule has 2 aromatic rings. The highest BCUT2D eigenvalue weighted by molar-refractivity contribution is 5.96. The Morgan fingerprint density at radius 3 is 2.58 bits per heavy atom. The third kappa shape index (κ3) is 3.65. The Morgan fingerprint density at radius 2 is 1.89 bits per heavy atom. The number of ketones is 1. The van der Waals surface area contributed by atoms with Gasteiger partial charge in [-0.2, -0.15) is 0 Å². The molecule has 2 rings (SSSR count). The SMILES string of the molecule is COc1cccc(C(=O)CCc2ccc(F)cc2)c1. The molecule has 0 N–H and O–H groups in total. The molecule has 2 aromatic carbocycles. The molecule has 0 bridgehead atoms. The lowest BCUT2D eigenvalue weighted by Crippen LogP contribution is -2.01. The molecule has 0 amide bonds. The quantitative estimate of drug-likeness (QED) is 0.765. The first kappa shape index (κ1) is 13.3. The van der Waals surface area contributed by atoms with Gasteiger partial charge in [-0.05, 0) is 36.2 Å². The third-order valence-corrected chi connectivity index (χ3v) is 2.95. The van der Waals surface area contributed by atoms with Crippen LogP contribution in [0.25, 0.3) is 0 Å². The van der Waals surface area contributed by atoms with Crippen molar-refractivity contribution in [2.45, 2.75) is 12.8 Å². The molecule has 0 heterocycles. The van der Waals surface area contributed by atoms with Crippen LogP contribution in [0.3, 0.4) is 0 Å². The molecular formula is C16H15FO2. The monoisotopic (exact) mass is 258 g/mol. The molecule has 0 radical (unpaired) electrons. The van der Waals surface area contributed by atoms with Gasteiger partial charge in [0.05, 0.1) is 7.11 Å². The Bertz CT molecular complexity index is 561. The second-order valence-electron chi connectivity index (χ2n) is 4.28. The summed E-state index contributed by atoms with van der Waals surface area (Å²) in [5, 5.41) is 0. The minimum absolute atomic E-state index is 0.0585. The van der Waals surface area contributed by atoms with E-state index in [9.17, 15) is 9.18 Å². The number of benzene rings is 2. The smallest absolute Gasteiger partial charge is 0.163 e. The maximum atomic E-state index is 12.8. The van der Waals surface area contributed by atoms with Gasteiger partial charge < -0.3 is 4.74 Å². The number of ether oxygens (including phenoxy) is 1. The number of rotatable bonds is 5. The van der Waals surface area contributed by atoms with Crippen molar-refractivity contribution in [1.82, 2.24) is 0 Å². The maximum Gasteiger partial charge on any atom is 0.163 e. The molecule has 0 aliphatic carbocycles. The van der Waals surface area contributed by atoms with Crippen molar-refractivity contribution in [3.8, 4) is 5.75 Å². The standard InChI is InChI=1S/C16H15FO2/c1-19-15-4-2-3-13(11-15)16(18)10-7-12-5-8-14(17)9-6-12/h2-6,8-9,11H,7,10H2,1H3. The van der Waals surface area contributed by atoms with Gasteiger partial charge in [-0.15, -0.1) is 0 Å². The average Bonchev–Trinajstić information content (AvgIpc) is 2.46. The fraction of sp³-hybridized carbons (Fsp3) is 0.188. The summed E-state index contributed by atoms with van der Waals surface area (Å²) in [6.45, 7) is 0. The van der Waals surface area contributed by atoms with Crippen molar-refractivity contribution >= 4 is 5.78 Å². The van der Waals surface area contributed by atoms with E-state index in [1.54, 1.807) is 43.5 Å². The van der Waals surface area contributed by atoms with Gasteiger partial charge in [0, 0.05) is 12.0 Å². The first-order valence-corrected chi connectivity index (χ1v) is 6.11. The van der Waals surface area contributed by atoms with Crippen LogP contribution >= 0.6 is 0 Å². The van der Waals surface area contributed by atoms with Gasteiger partial charge >= 0.3 is 0 Å². The number of carbonyl (C=O) groups excluding carboxylic acids is 1. The predicted molar refractivity (Wildman–Crippen MR) is 72.0 cm³/mol. The summed E-state index contributed by atoms with van der Waals surface area (Å²) >= 11 is 0. The van der Waals surface area contributed by atoms with Crippen molar-refractivity contribution in [1.29, 1.82) is 0 Å². The molecule has 19 heavy (non-hydrogen) atoms. The van der Waals surface area contributed by atoms with E-state index in [-0.39, 0.29) is 11.6 Å². The molecular weight excluding hydrogens is 243 g/mol. The minimum atomic E-state index is -0.261. The van der Waals surface area contributed by atoms with Crippen molar-refractivity contribution in [2.75, 3.05) is 7.11 Å². The zero-order valence-corrected chi connectivity index (χ0v) is 10.7. The Labute approximate surface area is 111 Å². The Balaban J connectivity index is 1.99. The number of halogens is 1. The van der Waals surface area contributed by atoms with Gasteiger partial charge in [-0.3, -0.25) is 4.79 Å². The average molecular weight is 258 g/mol. The van der Waals surface area contributed by atoms with E-state index in [1.165, 1.54) is 12.1 Å². The summed E-state index contributed by atoms with van der Waals surface area (Å²) in [5.41, 5.74) is 1.60. The van der Waals surface area contributed by atoms with E-state index in [4.69, 9.17) is 4.74 Å². The molecule has 0 aliphatic heterocycles. The zero-order valence-electron chi connectivity index (χ0n) is 10.7. The lowest BCUT2D eigenvalue weighted by atomic mass is 10.0. The lowest BCUT2D eigenvalue weighted by molar-refractivity contribution is 0.0982. The van der Waals surface area contributed by atoms with Crippen LogP contribution in [-0.4, -0.2) is 12.9 Å². The van der Waals surface area contributed by atoms with Crippen LogP contribution in [0.1, 0.15) is 22.3 Å². The van der Waals surface area contributed by atoms with Gasteiger partial charge in [0.25, 0.3) is 0 Å². The summed E-state index contributed by atoms with van der Waals surface area (Å²) in [5.74, 6) is 0.471. The highest BCUT2D eigenvalue weighted by atomic mass is 19.1. The largest absolute Gasteiger partial charge is 0.497 e. The van der Waals surface area contributed by atoms with Gasteiger partial charge in [-0.25, -0.2) is 4.39 Å². The highest BCUT2D eigenvalue weighted by Crippen LogP contribution is 2.15. The molecule has 0 fully saturated rings. The highest BCUT2D eigenvalue weighted by Gasteiger charge is 2.07. The molecule has 2 nitrogen and oxygen atoms in total. The normalized spacial score (nSPS) is 10.2. The number of hydrogen-bond donors (Lipinski definition) is 0. The number of hydrogen-bond acceptors (Lipinski definition) is 2. The van der Waals surface area contributed by atoms with Crippen molar-refractivity contribution in [2.24, 2.45) is 0 Å². The fourth-order valence-corrected chi connectivity index (χ4v) is 1.85. The fourth-order valence-electron chi connectivity index (χ4n) is 1.85. The van der Waals surface area contributed by atoms with Crippen LogP contribution in [0.15, 0.2) is 48.5 Å². The van der Waals surface area contributed by atoms with Crippen LogP contribution in [0.2, 0.25) is 0 Å². The molecule has 98 valence electrons. The van der Waals surface area contributed by atoms with Gasteiger partial charge in [0.1, 0.15) is 11.6 Å². The second-order valence-corrected chi connectivity index (χ2v) is 4.28. The van der Waals surface area contributed by atoms with Gasteiger partial charge in [0.2, 0.25) is 0 Å². The Morgan fingerprint density at radius 1 is 1.16 bits per heavy atom. The topological polar surface area (TPSA) is 26.3 Å². The molecule has 3 heteroatoms. The second kappa shape index (κ2) is 6.14. The molecule has 0 saturated carbocycles. The first-order chi connectivity index (χ1) is 9.19. The maximum absolute atomic E-state index is 12.8. The van der Waals surface area contributed by atoms with Crippen LogP contribution in [0, 0.1) is 5.82 Å². The van der Waals surface area contributed by atoms with Crippen molar-refractivity contribution in [3.63, 3.8) is 0 Å². The van der Waals surface area contributed by atoms with E-state index in [1.807, 2.05) is 0 Å². The van der Waals surface area contributed by atoms with E-state index >= 15 is 0 Å². The Hall–Kier alpha value is -2.16. The van der Waals surface area contributed by atoms with Crippen LogP contribution in [0.5, 0.6) is 5.75 Å². The Kier molecular flexibility index (Phi) is 4.29. The van der Waals surface area contributed by atoms with E-state index in [0.29, 0.717) is 24.2 Å². The van der Waals surface area contributed by atoms with E-state index in [0.717, 1.165) is 5.56 Å². The van der Waals surface area contributed by atoms with E-state index in [2.05, 4.69) is 0 Å². The molecule has 0 unspecified atom stereocenters. The summed E-state index contributed by atoms with van der Waals surface area (Å²) in [7, 11) is 1.57. The van der Waals surface area contributed by atoms with Crippen LogP contribution in [0.4, 0.5) is 4.39 Å². The first-order valence-electron chi connectivity index (χ1n) is 6.11. The molecule has 0 saturated heterocycles.